The van der Waals surface area contributed by atoms with Gasteiger partial charge >= 0.3 is 6.18 Å². The molecule has 1 aliphatic carbocycles. The Morgan fingerprint density at radius 2 is 2.00 bits per heavy atom. The van der Waals surface area contributed by atoms with Gasteiger partial charge < -0.3 is 15.2 Å². The average Bonchev–Trinajstić information content (AvgIpc) is 3.02. The first-order chi connectivity index (χ1) is 9.88. The molecule has 2 aliphatic rings. The molecule has 1 amide bonds. The van der Waals surface area contributed by atoms with Gasteiger partial charge in [-0.25, -0.2) is 0 Å². The predicted molar refractivity (Wildman–Crippen MR) is 65.8 cm³/mol. The summed E-state index contributed by atoms with van der Waals surface area (Å²) >= 11 is 0. The third-order valence-corrected chi connectivity index (χ3v) is 4.21. The molecule has 3 rings (SSSR count). The topological polar surface area (TPSA) is 77.0 Å². The molecule has 0 spiro atoms. The Bertz CT molecular complexity index is 556. The van der Waals surface area contributed by atoms with Gasteiger partial charge in [-0.05, 0) is 12.8 Å². The number of amides is 1. The largest absolute Gasteiger partial charge is 0.451 e. The Morgan fingerprint density at radius 3 is 2.62 bits per heavy atom. The first kappa shape index (κ1) is 14.3. The SMILES string of the molecule is NC1CCCC1C(=O)N1CCn2c(nnc2C(F)(F)F)C1. The van der Waals surface area contributed by atoms with Crippen molar-refractivity contribution in [2.24, 2.45) is 11.7 Å². The van der Waals surface area contributed by atoms with Crippen LogP contribution in [0.3, 0.4) is 0 Å². The van der Waals surface area contributed by atoms with Crippen molar-refractivity contribution in [1.82, 2.24) is 19.7 Å². The van der Waals surface area contributed by atoms with E-state index in [1.165, 1.54) is 0 Å². The van der Waals surface area contributed by atoms with E-state index in [4.69, 9.17) is 5.73 Å². The fourth-order valence-corrected chi connectivity index (χ4v) is 3.09. The Labute approximate surface area is 119 Å². The van der Waals surface area contributed by atoms with Gasteiger partial charge in [-0.3, -0.25) is 4.79 Å². The van der Waals surface area contributed by atoms with E-state index in [1.54, 1.807) is 4.90 Å². The van der Waals surface area contributed by atoms with E-state index < -0.39 is 12.0 Å². The number of fused-ring (bicyclic) bond motifs is 1. The third-order valence-electron chi connectivity index (χ3n) is 4.21. The molecule has 21 heavy (non-hydrogen) atoms. The average molecular weight is 303 g/mol. The van der Waals surface area contributed by atoms with Gasteiger partial charge in [0.05, 0.1) is 12.5 Å². The predicted octanol–water partition coefficient (Wildman–Crippen LogP) is 0.766. The summed E-state index contributed by atoms with van der Waals surface area (Å²) in [5.74, 6) is -1.12. The van der Waals surface area contributed by atoms with Crippen LogP contribution in [-0.4, -0.2) is 38.2 Å². The van der Waals surface area contributed by atoms with E-state index in [0.29, 0.717) is 0 Å². The van der Waals surface area contributed by atoms with Gasteiger partial charge in [0.2, 0.25) is 11.7 Å². The molecule has 1 aromatic heterocycles. The zero-order chi connectivity index (χ0) is 15.2. The number of carbonyl (C=O) groups excluding carboxylic acids is 1. The van der Waals surface area contributed by atoms with Crippen molar-refractivity contribution < 1.29 is 18.0 Å². The van der Waals surface area contributed by atoms with Crippen molar-refractivity contribution in [1.29, 1.82) is 0 Å². The normalized spacial score (nSPS) is 26.0. The summed E-state index contributed by atoms with van der Waals surface area (Å²) in [6.45, 7) is 0.353. The summed E-state index contributed by atoms with van der Waals surface area (Å²) in [4.78, 5) is 13.9. The monoisotopic (exact) mass is 303 g/mol. The van der Waals surface area contributed by atoms with Crippen LogP contribution < -0.4 is 5.73 Å². The molecule has 2 heterocycles. The number of rotatable bonds is 1. The number of hydrogen-bond donors (Lipinski definition) is 1. The molecule has 0 radical (unpaired) electrons. The van der Waals surface area contributed by atoms with Gasteiger partial charge in [0.25, 0.3) is 0 Å². The first-order valence-corrected chi connectivity index (χ1v) is 6.91. The van der Waals surface area contributed by atoms with Crippen molar-refractivity contribution in [3.63, 3.8) is 0 Å². The van der Waals surface area contributed by atoms with Crippen LogP contribution in [0.25, 0.3) is 0 Å². The number of aromatic nitrogens is 3. The van der Waals surface area contributed by atoms with Gasteiger partial charge in [-0.1, -0.05) is 6.42 Å². The summed E-state index contributed by atoms with van der Waals surface area (Å²) in [7, 11) is 0. The second kappa shape index (κ2) is 4.97. The second-order valence-electron chi connectivity index (χ2n) is 5.55. The molecule has 1 aliphatic heterocycles. The molecule has 0 bridgehead atoms. The minimum Gasteiger partial charge on any atom is -0.333 e. The number of alkyl halides is 3. The lowest BCUT2D eigenvalue weighted by atomic mass is 10.0. The fraction of sp³-hybridized carbons (Fsp3) is 0.750. The molecule has 2 N–H and O–H groups in total. The summed E-state index contributed by atoms with van der Waals surface area (Å²) in [6.07, 6.45) is -2.04. The van der Waals surface area contributed by atoms with Crippen LogP contribution in [0.1, 0.15) is 30.9 Å². The number of hydrogen-bond acceptors (Lipinski definition) is 4. The molecule has 116 valence electrons. The summed E-state index contributed by atoms with van der Waals surface area (Å²) in [5.41, 5.74) is 5.91. The van der Waals surface area contributed by atoms with Crippen LogP contribution in [0.5, 0.6) is 0 Å². The summed E-state index contributed by atoms with van der Waals surface area (Å²) < 4.78 is 39.3. The van der Waals surface area contributed by atoms with E-state index in [1.807, 2.05) is 0 Å². The Kier molecular flexibility index (Phi) is 3.39. The lowest BCUT2D eigenvalue weighted by molar-refractivity contribution is -0.148. The Balaban J connectivity index is 1.76. The van der Waals surface area contributed by atoms with Crippen LogP contribution in [-0.2, 0) is 24.1 Å². The molecule has 0 saturated heterocycles. The highest BCUT2D eigenvalue weighted by Gasteiger charge is 2.41. The van der Waals surface area contributed by atoms with Crippen LogP contribution >= 0.6 is 0 Å². The minimum absolute atomic E-state index is 0.0604. The van der Waals surface area contributed by atoms with Crippen molar-refractivity contribution in [3.8, 4) is 0 Å². The zero-order valence-electron chi connectivity index (χ0n) is 11.3. The Hall–Kier alpha value is -1.64. The standard InChI is InChI=1S/C12H16F3N5O/c13-12(14,15)11-18-17-9-6-19(4-5-20(9)11)10(21)7-2-1-3-8(7)16/h7-8H,1-6,16H2. The van der Waals surface area contributed by atoms with Gasteiger partial charge in [0, 0.05) is 19.1 Å². The van der Waals surface area contributed by atoms with E-state index >= 15 is 0 Å². The van der Waals surface area contributed by atoms with Gasteiger partial charge in [-0.2, -0.15) is 13.2 Å². The summed E-state index contributed by atoms with van der Waals surface area (Å²) in [6, 6.07) is -0.150. The molecule has 1 saturated carbocycles. The molecule has 1 fully saturated rings. The first-order valence-electron chi connectivity index (χ1n) is 6.91. The van der Waals surface area contributed by atoms with Crippen LogP contribution in [0, 0.1) is 5.92 Å². The molecular weight excluding hydrogens is 287 g/mol. The van der Waals surface area contributed by atoms with Crippen LogP contribution in [0.2, 0.25) is 0 Å². The maximum atomic E-state index is 12.7. The molecule has 9 heteroatoms. The fourth-order valence-electron chi connectivity index (χ4n) is 3.09. The van der Waals surface area contributed by atoms with E-state index in [9.17, 15) is 18.0 Å². The Morgan fingerprint density at radius 1 is 1.24 bits per heavy atom. The lowest BCUT2D eigenvalue weighted by Crippen LogP contribution is -2.45. The van der Waals surface area contributed by atoms with E-state index in [-0.39, 0.29) is 43.3 Å². The molecule has 2 atom stereocenters. The van der Waals surface area contributed by atoms with Gasteiger partial charge in [0.1, 0.15) is 0 Å². The minimum atomic E-state index is -4.52. The molecule has 6 nitrogen and oxygen atoms in total. The van der Waals surface area contributed by atoms with Crippen LogP contribution in [0.4, 0.5) is 13.2 Å². The lowest BCUT2D eigenvalue weighted by Gasteiger charge is -2.31. The summed E-state index contributed by atoms with van der Waals surface area (Å²) in [5, 5.41) is 6.77. The highest BCUT2D eigenvalue weighted by Crippen LogP contribution is 2.31. The van der Waals surface area contributed by atoms with Crippen molar-refractivity contribution in [2.45, 2.75) is 44.6 Å². The van der Waals surface area contributed by atoms with Crippen molar-refractivity contribution >= 4 is 5.91 Å². The highest BCUT2D eigenvalue weighted by atomic mass is 19.4. The van der Waals surface area contributed by atoms with E-state index in [2.05, 4.69) is 10.2 Å². The molecule has 0 aromatic carbocycles. The molecule has 2 unspecified atom stereocenters. The van der Waals surface area contributed by atoms with Gasteiger partial charge in [0.15, 0.2) is 5.82 Å². The number of halogens is 3. The van der Waals surface area contributed by atoms with Gasteiger partial charge in [-0.15, -0.1) is 10.2 Å². The van der Waals surface area contributed by atoms with Crippen molar-refractivity contribution in [2.75, 3.05) is 6.54 Å². The van der Waals surface area contributed by atoms with E-state index in [0.717, 1.165) is 23.8 Å². The highest BCUT2D eigenvalue weighted by molar-refractivity contribution is 5.80. The van der Waals surface area contributed by atoms with Crippen LogP contribution in [0.15, 0.2) is 0 Å². The van der Waals surface area contributed by atoms with Crippen molar-refractivity contribution in [3.05, 3.63) is 11.6 Å². The third kappa shape index (κ3) is 2.50. The number of nitrogens with two attached hydrogens (primary N) is 1. The smallest absolute Gasteiger partial charge is 0.333 e. The zero-order valence-corrected chi connectivity index (χ0v) is 11.3. The number of nitrogens with zero attached hydrogens (tertiary/aromatic N) is 4. The maximum Gasteiger partial charge on any atom is 0.451 e. The number of carbonyl (C=O) groups is 1. The molecular formula is C12H16F3N5O. The maximum absolute atomic E-state index is 12.7. The second-order valence-corrected chi connectivity index (χ2v) is 5.55. The molecule has 1 aromatic rings. The quantitative estimate of drug-likeness (QED) is 0.831.